The molecule has 0 radical (unpaired) electrons. The number of hydrogen-bond acceptors (Lipinski definition) is 7. The highest BCUT2D eigenvalue weighted by Gasteiger charge is 2.18. The van der Waals surface area contributed by atoms with Gasteiger partial charge in [0.2, 0.25) is 0 Å². The molecule has 0 saturated carbocycles. The summed E-state index contributed by atoms with van der Waals surface area (Å²) in [4.78, 5) is 25.3. The van der Waals surface area contributed by atoms with Gasteiger partial charge >= 0.3 is 11.8 Å². The van der Waals surface area contributed by atoms with Crippen LogP contribution in [0.1, 0.15) is 5.82 Å². The zero-order chi connectivity index (χ0) is 14.4. The largest absolute Gasteiger partial charge is 0.468 e. The van der Waals surface area contributed by atoms with Gasteiger partial charge in [-0.3, -0.25) is 4.79 Å². The van der Waals surface area contributed by atoms with Crippen LogP contribution in [-0.2, 0) is 16.1 Å². The molecule has 0 fully saturated rings. The lowest BCUT2D eigenvalue weighted by atomic mass is 10.4. The molecule has 1 aromatic rings. The standard InChI is InChI=1S/C10H16N4O4S/c1-7-12-5-9(14(16)17)13(7)3-4-19-6-8(11)10(15)18-2/h5,8H,3-4,6,11H2,1-2H3. The van der Waals surface area contributed by atoms with Crippen molar-refractivity contribution in [1.29, 1.82) is 0 Å². The Balaban J connectivity index is 2.44. The summed E-state index contributed by atoms with van der Waals surface area (Å²) in [6, 6.07) is -0.672. The zero-order valence-corrected chi connectivity index (χ0v) is 11.6. The first-order chi connectivity index (χ1) is 8.97. The normalized spacial score (nSPS) is 12.2. The van der Waals surface area contributed by atoms with E-state index in [2.05, 4.69) is 9.72 Å². The molecule has 0 aliphatic heterocycles. The highest BCUT2D eigenvalue weighted by molar-refractivity contribution is 7.99. The summed E-state index contributed by atoms with van der Waals surface area (Å²) in [5.41, 5.74) is 5.57. The number of thioether (sulfide) groups is 1. The van der Waals surface area contributed by atoms with Gasteiger partial charge in [0.05, 0.1) is 7.11 Å². The Hall–Kier alpha value is -1.61. The van der Waals surface area contributed by atoms with Crippen molar-refractivity contribution in [3.63, 3.8) is 0 Å². The van der Waals surface area contributed by atoms with Gasteiger partial charge in [0, 0.05) is 18.4 Å². The third-order valence-corrected chi connectivity index (χ3v) is 3.55. The van der Waals surface area contributed by atoms with Gasteiger partial charge in [0.25, 0.3) is 0 Å². The molecule has 0 aliphatic rings. The minimum absolute atomic E-state index is 0.0321. The van der Waals surface area contributed by atoms with Gasteiger partial charge in [0.15, 0.2) is 5.82 Å². The maximum Gasteiger partial charge on any atom is 0.342 e. The van der Waals surface area contributed by atoms with Crippen LogP contribution in [0.25, 0.3) is 0 Å². The van der Waals surface area contributed by atoms with E-state index in [-0.39, 0.29) is 5.82 Å². The Morgan fingerprint density at radius 2 is 2.42 bits per heavy atom. The van der Waals surface area contributed by atoms with Crippen LogP contribution in [0, 0.1) is 17.0 Å². The molecule has 1 aromatic heterocycles. The smallest absolute Gasteiger partial charge is 0.342 e. The van der Waals surface area contributed by atoms with Crippen LogP contribution in [0.5, 0.6) is 0 Å². The predicted molar refractivity (Wildman–Crippen MR) is 70.9 cm³/mol. The number of carbonyl (C=O) groups is 1. The number of nitrogens with zero attached hydrogens (tertiary/aromatic N) is 3. The Kier molecular flexibility index (Phi) is 5.77. The fourth-order valence-electron chi connectivity index (χ4n) is 1.46. The van der Waals surface area contributed by atoms with Crippen LogP contribution in [0.15, 0.2) is 6.20 Å². The van der Waals surface area contributed by atoms with E-state index in [0.717, 1.165) is 0 Å². The number of imidazole rings is 1. The van der Waals surface area contributed by atoms with Crippen LogP contribution < -0.4 is 5.73 Å². The number of methoxy groups -OCH3 is 1. The lowest BCUT2D eigenvalue weighted by Crippen LogP contribution is -2.34. The van der Waals surface area contributed by atoms with E-state index in [1.54, 1.807) is 6.92 Å². The highest BCUT2D eigenvalue weighted by atomic mass is 32.2. The van der Waals surface area contributed by atoms with E-state index in [4.69, 9.17) is 5.73 Å². The number of nitro groups is 1. The van der Waals surface area contributed by atoms with Crippen molar-refractivity contribution in [1.82, 2.24) is 9.55 Å². The number of rotatable bonds is 7. The SMILES string of the molecule is COC(=O)C(N)CSCCn1c([N+](=O)[O-])cnc1C. The molecule has 2 N–H and O–H groups in total. The van der Waals surface area contributed by atoms with Gasteiger partial charge in [-0.25, -0.2) is 9.55 Å². The summed E-state index contributed by atoms with van der Waals surface area (Å²) < 4.78 is 6.03. The van der Waals surface area contributed by atoms with E-state index in [0.29, 0.717) is 23.9 Å². The highest BCUT2D eigenvalue weighted by Crippen LogP contribution is 2.15. The van der Waals surface area contributed by atoms with Crippen LogP contribution in [-0.4, -0.2) is 45.1 Å². The fraction of sp³-hybridized carbons (Fsp3) is 0.600. The molecule has 1 atom stereocenters. The number of esters is 1. The fourth-order valence-corrected chi connectivity index (χ4v) is 2.33. The molecule has 0 amide bonds. The van der Waals surface area contributed by atoms with Crippen molar-refractivity contribution >= 4 is 23.5 Å². The van der Waals surface area contributed by atoms with Crippen molar-refractivity contribution in [2.75, 3.05) is 18.6 Å². The predicted octanol–water partition coefficient (Wildman–Crippen LogP) is 0.333. The average molecular weight is 288 g/mol. The first kappa shape index (κ1) is 15.4. The average Bonchev–Trinajstić information content (AvgIpc) is 2.75. The molecular formula is C10H16N4O4S. The summed E-state index contributed by atoms with van der Waals surface area (Å²) in [5, 5.41) is 10.8. The maximum absolute atomic E-state index is 11.1. The van der Waals surface area contributed by atoms with Crippen molar-refractivity contribution in [2.45, 2.75) is 19.5 Å². The summed E-state index contributed by atoms with van der Waals surface area (Å²) >= 11 is 1.44. The monoisotopic (exact) mass is 288 g/mol. The Bertz CT molecular complexity index is 462. The minimum Gasteiger partial charge on any atom is -0.468 e. The second kappa shape index (κ2) is 7.10. The number of nitrogens with two attached hydrogens (primary N) is 1. The van der Waals surface area contributed by atoms with Crippen LogP contribution in [0.4, 0.5) is 5.82 Å². The second-order valence-electron chi connectivity index (χ2n) is 3.78. The first-order valence-electron chi connectivity index (χ1n) is 5.55. The van der Waals surface area contributed by atoms with Crippen LogP contribution in [0.3, 0.4) is 0 Å². The second-order valence-corrected chi connectivity index (χ2v) is 4.93. The molecule has 1 heterocycles. The summed E-state index contributed by atoms with van der Waals surface area (Å²) in [7, 11) is 1.28. The number of hydrogen-bond donors (Lipinski definition) is 1. The molecule has 1 unspecified atom stereocenters. The van der Waals surface area contributed by atoms with E-state index >= 15 is 0 Å². The number of aromatic nitrogens is 2. The Morgan fingerprint density at radius 1 is 1.74 bits per heavy atom. The molecule has 1 rings (SSSR count). The van der Waals surface area contributed by atoms with Crippen molar-refractivity contribution in [3.05, 3.63) is 22.1 Å². The Labute approximate surface area is 114 Å². The van der Waals surface area contributed by atoms with Gasteiger partial charge < -0.3 is 20.6 Å². The van der Waals surface area contributed by atoms with Crippen molar-refractivity contribution < 1.29 is 14.5 Å². The first-order valence-corrected chi connectivity index (χ1v) is 6.70. The molecule has 0 aromatic carbocycles. The van der Waals surface area contributed by atoms with E-state index in [9.17, 15) is 14.9 Å². The summed E-state index contributed by atoms with van der Waals surface area (Å²) in [5.74, 6) is 1.11. The number of aryl methyl sites for hydroxylation is 1. The van der Waals surface area contributed by atoms with E-state index in [1.807, 2.05) is 0 Å². The van der Waals surface area contributed by atoms with Gasteiger partial charge in [-0.15, -0.1) is 0 Å². The number of carbonyl (C=O) groups excluding carboxylic acids is 1. The lowest BCUT2D eigenvalue weighted by molar-refractivity contribution is -0.392. The molecule has 0 aliphatic carbocycles. The molecule has 106 valence electrons. The third-order valence-electron chi connectivity index (χ3n) is 2.48. The maximum atomic E-state index is 11.1. The Morgan fingerprint density at radius 3 is 3.00 bits per heavy atom. The molecule has 0 bridgehead atoms. The molecule has 9 heteroatoms. The van der Waals surface area contributed by atoms with Gasteiger partial charge in [-0.1, -0.05) is 0 Å². The minimum atomic E-state index is -0.672. The third kappa shape index (κ3) is 4.21. The molecule has 19 heavy (non-hydrogen) atoms. The molecule has 0 saturated heterocycles. The zero-order valence-electron chi connectivity index (χ0n) is 10.7. The summed E-state index contributed by atoms with van der Waals surface area (Å²) in [6.45, 7) is 2.15. The van der Waals surface area contributed by atoms with Gasteiger partial charge in [0.1, 0.15) is 18.8 Å². The quantitative estimate of drug-likeness (QED) is 0.333. The molecular weight excluding hydrogens is 272 g/mol. The summed E-state index contributed by atoms with van der Waals surface area (Å²) in [6.07, 6.45) is 1.24. The topological polar surface area (TPSA) is 113 Å². The molecule has 8 nitrogen and oxygen atoms in total. The van der Waals surface area contributed by atoms with E-state index < -0.39 is 16.9 Å². The number of ether oxygens (including phenoxy) is 1. The van der Waals surface area contributed by atoms with Gasteiger partial charge in [-0.05, 0) is 4.92 Å². The van der Waals surface area contributed by atoms with Crippen molar-refractivity contribution in [2.24, 2.45) is 5.73 Å². The van der Waals surface area contributed by atoms with Crippen molar-refractivity contribution in [3.8, 4) is 0 Å². The van der Waals surface area contributed by atoms with Crippen LogP contribution >= 0.6 is 11.8 Å². The van der Waals surface area contributed by atoms with E-state index in [1.165, 1.54) is 29.6 Å². The lowest BCUT2D eigenvalue weighted by Gasteiger charge is -2.08. The molecule has 0 spiro atoms. The van der Waals surface area contributed by atoms with Crippen LogP contribution in [0.2, 0.25) is 0 Å². The van der Waals surface area contributed by atoms with Gasteiger partial charge in [-0.2, -0.15) is 11.8 Å².